The lowest BCUT2D eigenvalue weighted by Crippen LogP contribution is -2.27. The standard InChI is InChI=1S/C17H15ClN2O2/c18-12-5-3-4-11(10-12)16(21)20-15-7-2-1-6-14(15)17(22)19-13-8-9-13/h1-7,10,13H,8-9H2,(H,19,22)(H,20,21). The fourth-order valence-corrected chi connectivity index (χ4v) is 2.30. The van der Waals surface area contributed by atoms with Crippen molar-refractivity contribution in [2.24, 2.45) is 0 Å². The predicted molar refractivity (Wildman–Crippen MR) is 86.3 cm³/mol. The molecule has 22 heavy (non-hydrogen) atoms. The van der Waals surface area contributed by atoms with Crippen LogP contribution in [0.1, 0.15) is 33.6 Å². The molecular formula is C17H15ClN2O2. The highest BCUT2D eigenvalue weighted by molar-refractivity contribution is 6.31. The number of rotatable bonds is 4. The van der Waals surface area contributed by atoms with Crippen molar-refractivity contribution in [1.29, 1.82) is 0 Å². The number of carbonyl (C=O) groups excluding carboxylic acids is 2. The van der Waals surface area contributed by atoms with Crippen LogP contribution in [0.15, 0.2) is 48.5 Å². The van der Waals surface area contributed by atoms with Gasteiger partial charge in [0.05, 0.1) is 11.3 Å². The number of hydrogen-bond donors (Lipinski definition) is 2. The summed E-state index contributed by atoms with van der Waals surface area (Å²) < 4.78 is 0. The molecule has 0 saturated heterocycles. The Bertz CT molecular complexity index is 726. The second-order valence-electron chi connectivity index (χ2n) is 5.26. The second-order valence-corrected chi connectivity index (χ2v) is 5.69. The van der Waals surface area contributed by atoms with Crippen molar-refractivity contribution in [3.05, 3.63) is 64.7 Å². The molecule has 112 valence electrons. The largest absolute Gasteiger partial charge is 0.349 e. The third kappa shape index (κ3) is 3.46. The lowest BCUT2D eigenvalue weighted by molar-refractivity contribution is 0.0952. The van der Waals surface area contributed by atoms with Gasteiger partial charge in [-0.05, 0) is 43.2 Å². The quantitative estimate of drug-likeness (QED) is 0.907. The van der Waals surface area contributed by atoms with E-state index < -0.39 is 0 Å². The fraction of sp³-hybridized carbons (Fsp3) is 0.176. The fourth-order valence-electron chi connectivity index (χ4n) is 2.11. The summed E-state index contributed by atoms with van der Waals surface area (Å²) >= 11 is 5.89. The van der Waals surface area contributed by atoms with Gasteiger partial charge in [0.15, 0.2) is 0 Å². The van der Waals surface area contributed by atoms with Gasteiger partial charge in [-0.3, -0.25) is 9.59 Å². The molecule has 4 nitrogen and oxygen atoms in total. The lowest BCUT2D eigenvalue weighted by Gasteiger charge is -2.11. The minimum atomic E-state index is -0.297. The van der Waals surface area contributed by atoms with Crippen molar-refractivity contribution >= 4 is 29.1 Å². The van der Waals surface area contributed by atoms with Gasteiger partial charge < -0.3 is 10.6 Å². The van der Waals surface area contributed by atoms with E-state index in [4.69, 9.17) is 11.6 Å². The van der Waals surface area contributed by atoms with E-state index in [-0.39, 0.29) is 17.9 Å². The van der Waals surface area contributed by atoms with Crippen LogP contribution in [0, 0.1) is 0 Å². The van der Waals surface area contributed by atoms with Gasteiger partial charge in [-0.25, -0.2) is 0 Å². The average Bonchev–Trinajstić information content (AvgIpc) is 3.31. The maximum absolute atomic E-state index is 12.3. The summed E-state index contributed by atoms with van der Waals surface area (Å²) in [6.45, 7) is 0. The number of carbonyl (C=O) groups is 2. The Hall–Kier alpha value is -2.33. The smallest absolute Gasteiger partial charge is 0.255 e. The van der Waals surface area contributed by atoms with Gasteiger partial charge >= 0.3 is 0 Å². The molecule has 0 aliphatic heterocycles. The van der Waals surface area contributed by atoms with Crippen molar-refractivity contribution in [2.75, 3.05) is 5.32 Å². The predicted octanol–water partition coefficient (Wildman–Crippen LogP) is 3.48. The maximum Gasteiger partial charge on any atom is 0.255 e. The molecule has 2 aromatic rings. The van der Waals surface area contributed by atoms with Gasteiger partial charge in [0.2, 0.25) is 0 Å². The van der Waals surface area contributed by atoms with Gasteiger partial charge in [-0.15, -0.1) is 0 Å². The van der Waals surface area contributed by atoms with Crippen LogP contribution in [0.2, 0.25) is 5.02 Å². The first-order valence-corrected chi connectivity index (χ1v) is 7.48. The Morgan fingerprint density at radius 3 is 2.50 bits per heavy atom. The highest BCUT2D eigenvalue weighted by atomic mass is 35.5. The summed E-state index contributed by atoms with van der Waals surface area (Å²) in [6.07, 6.45) is 2.03. The summed E-state index contributed by atoms with van der Waals surface area (Å²) in [7, 11) is 0. The number of hydrogen-bond acceptors (Lipinski definition) is 2. The Labute approximate surface area is 133 Å². The summed E-state index contributed by atoms with van der Waals surface area (Å²) in [5.41, 5.74) is 1.40. The first kappa shape index (κ1) is 14.6. The van der Waals surface area contributed by atoms with E-state index in [1.54, 1.807) is 48.5 Å². The molecule has 0 spiro atoms. The molecule has 3 rings (SSSR count). The molecule has 1 saturated carbocycles. The van der Waals surface area contributed by atoms with Crippen molar-refractivity contribution in [3.63, 3.8) is 0 Å². The molecule has 1 aliphatic carbocycles. The SMILES string of the molecule is O=C(Nc1ccccc1C(=O)NC1CC1)c1cccc(Cl)c1. The van der Waals surface area contributed by atoms with Crippen LogP contribution < -0.4 is 10.6 Å². The topological polar surface area (TPSA) is 58.2 Å². The van der Waals surface area contributed by atoms with Crippen molar-refractivity contribution < 1.29 is 9.59 Å². The molecule has 5 heteroatoms. The van der Waals surface area contributed by atoms with E-state index in [1.807, 2.05) is 0 Å². The molecule has 0 radical (unpaired) electrons. The first-order valence-electron chi connectivity index (χ1n) is 7.10. The average molecular weight is 315 g/mol. The molecule has 2 aromatic carbocycles. The Morgan fingerprint density at radius 1 is 1.00 bits per heavy atom. The number of amides is 2. The number of nitrogens with one attached hydrogen (secondary N) is 2. The molecule has 0 aromatic heterocycles. The number of anilines is 1. The summed E-state index contributed by atoms with van der Waals surface area (Å²) in [5, 5.41) is 6.18. The number of halogens is 1. The van der Waals surface area contributed by atoms with Crippen molar-refractivity contribution in [2.45, 2.75) is 18.9 Å². The van der Waals surface area contributed by atoms with E-state index in [9.17, 15) is 9.59 Å². The molecule has 0 heterocycles. The third-order valence-electron chi connectivity index (χ3n) is 3.42. The third-order valence-corrected chi connectivity index (χ3v) is 3.65. The van der Waals surface area contributed by atoms with Gasteiger partial charge in [-0.2, -0.15) is 0 Å². The van der Waals surface area contributed by atoms with Gasteiger partial charge in [0.25, 0.3) is 11.8 Å². The van der Waals surface area contributed by atoms with E-state index in [1.165, 1.54) is 0 Å². The first-order chi connectivity index (χ1) is 10.6. The molecular weight excluding hydrogens is 300 g/mol. The zero-order valence-corrected chi connectivity index (χ0v) is 12.6. The van der Waals surface area contributed by atoms with E-state index in [2.05, 4.69) is 10.6 Å². The molecule has 0 atom stereocenters. The lowest BCUT2D eigenvalue weighted by atomic mass is 10.1. The summed E-state index contributed by atoms with van der Waals surface area (Å²) in [6, 6.07) is 13.9. The van der Waals surface area contributed by atoms with Crippen molar-refractivity contribution in [3.8, 4) is 0 Å². The van der Waals surface area contributed by atoms with Crippen LogP contribution in [0.5, 0.6) is 0 Å². The van der Waals surface area contributed by atoms with Gasteiger partial charge in [0, 0.05) is 16.6 Å². The van der Waals surface area contributed by atoms with Crippen LogP contribution in [0.25, 0.3) is 0 Å². The summed E-state index contributed by atoms with van der Waals surface area (Å²) in [5.74, 6) is -0.460. The number of para-hydroxylation sites is 1. The highest BCUT2D eigenvalue weighted by Crippen LogP contribution is 2.22. The Kier molecular flexibility index (Phi) is 4.11. The second kappa shape index (κ2) is 6.20. The number of benzene rings is 2. The monoisotopic (exact) mass is 314 g/mol. The maximum atomic E-state index is 12.3. The van der Waals surface area contributed by atoms with Crippen molar-refractivity contribution in [1.82, 2.24) is 5.32 Å². The molecule has 1 aliphatic rings. The normalized spacial score (nSPS) is 13.5. The van der Waals surface area contributed by atoms with E-state index in [0.29, 0.717) is 21.8 Å². The van der Waals surface area contributed by atoms with Crippen LogP contribution >= 0.6 is 11.6 Å². The molecule has 0 bridgehead atoms. The molecule has 2 amide bonds. The highest BCUT2D eigenvalue weighted by Gasteiger charge is 2.25. The van der Waals surface area contributed by atoms with Crippen LogP contribution in [-0.4, -0.2) is 17.9 Å². The van der Waals surface area contributed by atoms with E-state index in [0.717, 1.165) is 12.8 Å². The van der Waals surface area contributed by atoms with Crippen LogP contribution in [0.4, 0.5) is 5.69 Å². The minimum absolute atomic E-state index is 0.163. The molecule has 0 unspecified atom stereocenters. The van der Waals surface area contributed by atoms with Crippen LogP contribution in [-0.2, 0) is 0 Å². The van der Waals surface area contributed by atoms with Gasteiger partial charge in [0.1, 0.15) is 0 Å². The zero-order chi connectivity index (χ0) is 15.5. The van der Waals surface area contributed by atoms with Crippen LogP contribution in [0.3, 0.4) is 0 Å². The summed E-state index contributed by atoms with van der Waals surface area (Å²) in [4.78, 5) is 24.5. The van der Waals surface area contributed by atoms with Gasteiger partial charge in [-0.1, -0.05) is 29.8 Å². The minimum Gasteiger partial charge on any atom is -0.349 e. The van der Waals surface area contributed by atoms with E-state index >= 15 is 0 Å². The Balaban J connectivity index is 1.79. The zero-order valence-electron chi connectivity index (χ0n) is 11.8. The Morgan fingerprint density at radius 2 is 1.77 bits per heavy atom. The molecule has 2 N–H and O–H groups in total. The molecule has 1 fully saturated rings.